The second-order valence-electron chi connectivity index (χ2n) is 6.74. The van der Waals surface area contributed by atoms with Crippen LogP contribution in [-0.4, -0.2) is 46.0 Å². The molecular formula is C19H23F3N2O6S. The number of hydrogen-bond donors (Lipinski definition) is 1. The standard InChI is InChI=1S/C19H23F3N2O6S/c1-3-5-6-8-31-18(27)29-11-14-13(28-7-4-2)9-15(30-14)24-10-12(19(20,21)22)16(25)23-17(24)26/h2,10,13-15H,3,5-9,11H2,1H3,(H,23,25,26)/t13-,14+,15+/m0/s1. The number of thioether (sulfide) groups is 1. The topological polar surface area (TPSA) is 99.6 Å². The van der Waals surface area contributed by atoms with Crippen LogP contribution in [0.25, 0.3) is 0 Å². The van der Waals surface area contributed by atoms with Crippen molar-refractivity contribution >= 4 is 17.1 Å². The minimum absolute atomic E-state index is 0.0310. The lowest BCUT2D eigenvalue weighted by Gasteiger charge is -2.18. The highest BCUT2D eigenvalue weighted by Crippen LogP contribution is 2.32. The Balaban J connectivity index is 2.11. The predicted octanol–water partition coefficient (Wildman–Crippen LogP) is 2.92. The first-order chi connectivity index (χ1) is 14.7. The molecule has 0 spiro atoms. The van der Waals surface area contributed by atoms with Crippen LogP contribution in [0.1, 0.15) is 44.4 Å². The Hall–Kier alpha value is -2.23. The van der Waals surface area contributed by atoms with Gasteiger partial charge in [0.1, 0.15) is 31.1 Å². The van der Waals surface area contributed by atoms with Crippen molar-refractivity contribution in [2.45, 2.75) is 57.2 Å². The van der Waals surface area contributed by atoms with Gasteiger partial charge < -0.3 is 14.2 Å². The monoisotopic (exact) mass is 464 g/mol. The number of H-pyrrole nitrogens is 1. The van der Waals surface area contributed by atoms with Crippen LogP contribution in [0, 0.1) is 12.3 Å². The third kappa shape index (κ3) is 7.15. The van der Waals surface area contributed by atoms with Crippen molar-refractivity contribution in [3.63, 3.8) is 0 Å². The molecule has 2 heterocycles. The molecule has 0 unspecified atom stereocenters. The van der Waals surface area contributed by atoms with Crippen molar-refractivity contribution in [3.05, 3.63) is 32.6 Å². The van der Waals surface area contributed by atoms with Gasteiger partial charge in [0.15, 0.2) is 0 Å². The Morgan fingerprint density at radius 3 is 2.81 bits per heavy atom. The molecule has 1 aliphatic rings. The van der Waals surface area contributed by atoms with Gasteiger partial charge in [0.25, 0.3) is 5.56 Å². The summed E-state index contributed by atoms with van der Waals surface area (Å²) < 4.78 is 56.0. The van der Waals surface area contributed by atoms with Gasteiger partial charge in [-0.05, 0) is 18.2 Å². The molecule has 1 aromatic heterocycles. The fourth-order valence-corrected chi connectivity index (χ4v) is 3.62. The number of hydrogen-bond acceptors (Lipinski definition) is 7. The SMILES string of the molecule is C#CCO[C@H]1C[C@H](n2cc(C(F)(F)F)c(=O)[nH]c2=O)O[C@@H]1COC(=O)SCCCCC. The van der Waals surface area contributed by atoms with E-state index in [1.807, 2.05) is 6.92 Å². The molecule has 0 aliphatic carbocycles. The first-order valence-electron chi connectivity index (χ1n) is 9.60. The van der Waals surface area contributed by atoms with Gasteiger partial charge in [0.05, 0.1) is 6.10 Å². The summed E-state index contributed by atoms with van der Waals surface area (Å²) in [4.78, 5) is 37.1. The van der Waals surface area contributed by atoms with Crippen LogP contribution in [0.15, 0.2) is 15.8 Å². The van der Waals surface area contributed by atoms with Gasteiger partial charge >= 0.3 is 17.2 Å². The minimum Gasteiger partial charge on any atom is -0.455 e. The van der Waals surface area contributed by atoms with Crippen LogP contribution < -0.4 is 11.2 Å². The highest BCUT2D eigenvalue weighted by Gasteiger charge is 2.40. The van der Waals surface area contributed by atoms with Crippen molar-refractivity contribution in [2.24, 2.45) is 0 Å². The quantitative estimate of drug-likeness (QED) is 0.341. The summed E-state index contributed by atoms with van der Waals surface area (Å²) in [6, 6.07) is 0. The Morgan fingerprint density at radius 2 is 2.16 bits per heavy atom. The second-order valence-corrected chi connectivity index (χ2v) is 7.77. The van der Waals surface area contributed by atoms with E-state index < -0.39 is 46.7 Å². The van der Waals surface area contributed by atoms with Crippen molar-refractivity contribution in [1.29, 1.82) is 0 Å². The maximum Gasteiger partial charge on any atom is 0.423 e. The molecule has 12 heteroatoms. The summed E-state index contributed by atoms with van der Waals surface area (Å²) >= 11 is 1.01. The van der Waals surface area contributed by atoms with Gasteiger partial charge in [0.2, 0.25) is 0 Å². The van der Waals surface area contributed by atoms with Crippen LogP contribution >= 0.6 is 11.8 Å². The number of carbonyl (C=O) groups is 1. The normalized spacial score (nSPS) is 21.1. The summed E-state index contributed by atoms with van der Waals surface area (Å²) in [7, 11) is 0. The zero-order valence-corrected chi connectivity index (χ0v) is 17.6. The van der Waals surface area contributed by atoms with E-state index in [1.165, 1.54) is 0 Å². The molecule has 0 aromatic carbocycles. The highest BCUT2D eigenvalue weighted by molar-refractivity contribution is 8.13. The third-order valence-electron chi connectivity index (χ3n) is 4.48. The third-order valence-corrected chi connectivity index (χ3v) is 5.32. The largest absolute Gasteiger partial charge is 0.455 e. The molecule has 1 aliphatic heterocycles. The van der Waals surface area contributed by atoms with E-state index in [1.54, 1.807) is 4.98 Å². The number of nitrogens with one attached hydrogen (secondary N) is 1. The average Bonchev–Trinajstić information content (AvgIpc) is 3.09. The lowest BCUT2D eigenvalue weighted by atomic mass is 10.2. The van der Waals surface area contributed by atoms with Crippen LogP contribution in [0.3, 0.4) is 0 Å². The van der Waals surface area contributed by atoms with Crippen LogP contribution in [0.4, 0.5) is 18.0 Å². The molecule has 1 fully saturated rings. The molecule has 1 saturated heterocycles. The number of alkyl halides is 3. The Bertz CT molecular complexity index is 908. The molecule has 8 nitrogen and oxygen atoms in total. The highest BCUT2D eigenvalue weighted by atomic mass is 32.2. The predicted molar refractivity (Wildman–Crippen MR) is 107 cm³/mol. The number of unbranched alkanes of at least 4 members (excludes halogenated alkanes) is 2. The Morgan fingerprint density at radius 1 is 1.42 bits per heavy atom. The van der Waals surface area contributed by atoms with E-state index in [2.05, 4.69) is 5.92 Å². The molecule has 0 saturated carbocycles. The van der Waals surface area contributed by atoms with Crippen molar-refractivity contribution < 1.29 is 32.2 Å². The first-order valence-corrected chi connectivity index (χ1v) is 10.6. The summed E-state index contributed by atoms with van der Waals surface area (Å²) in [5, 5.41) is -0.514. The molecule has 0 amide bonds. The van der Waals surface area contributed by atoms with Crippen LogP contribution in [0.5, 0.6) is 0 Å². The van der Waals surface area contributed by atoms with E-state index in [9.17, 15) is 27.6 Å². The van der Waals surface area contributed by atoms with Crippen molar-refractivity contribution in [2.75, 3.05) is 19.0 Å². The minimum atomic E-state index is -4.95. The van der Waals surface area contributed by atoms with Gasteiger partial charge in [-0.15, -0.1) is 6.42 Å². The first kappa shape index (κ1) is 25.0. The van der Waals surface area contributed by atoms with E-state index in [-0.39, 0.29) is 19.6 Å². The maximum absolute atomic E-state index is 13.0. The lowest BCUT2D eigenvalue weighted by Crippen LogP contribution is -2.36. The number of aromatic nitrogens is 2. The molecule has 1 N–H and O–H groups in total. The van der Waals surface area contributed by atoms with Crippen molar-refractivity contribution in [1.82, 2.24) is 9.55 Å². The summed E-state index contributed by atoms with van der Waals surface area (Å²) in [6.07, 6.45) is 0.716. The van der Waals surface area contributed by atoms with E-state index in [0.29, 0.717) is 16.5 Å². The molecule has 0 bridgehead atoms. The van der Waals surface area contributed by atoms with E-state index in [0.717, 1.165) is 31.0 Å². The van der Waals surface area contributed by atoms with Gasteiger partial charge in [0, 0.05) is 18.4 Å². The molecule has 0 radical (unpaired) electrons. The zero-order valence-electron chi connectivity index (χ0n) is 16.8. The zero-order chi connectivity index (χ0) is 23.0. The molecule has 2 rings (SSSR count). The molecule has 31 heavy (non-hydrogen) atoms. The summed E-state index contributed by atoms with van der Waals surface area (Å²) in [6.45, 7) is 1.71. The maximum atomic E-state index is 13.0. The van der Waals surface area contributed by atoms with Crippen molar-refractivity contribution in [3.8, 4) is 12.3 Å². The lowest BCUT2D eigenvalue weighted by molar-refractivity contribution is -0.139. The number of terminal acetylenes is 1. The number of halogens is 3. The van der Waals surface area contributed by atoms with Crippen LogP contribution in [-0.2, 0) is 20.4 Å². The molecule has 3 atom stereocenters. The van der Waals surface area contributed by atoms with Crippen LogP contribution in [0.2, 0.25) is 0 Å². The number of carbonyl (C=O) groups excluding carboxylic acids is 1. The number of nitrogens with zero attached hydrogens (tertiary/aromatic N) is 1. The average molecular weight is 464 g/mol. The van der Waals surface area contributed by atoms with Gasteiger partial charge in [-0.2, -0.15) is 13.2 Å². The summed E-state index contributed by atoms with van der Waals surface area (Å²) in [5.41, 5.74) is -4.14. The molecule has 172 valence electrons. The summed E-state index contributed by atoms with van der Waals surface area (Å²) in [5.74, 6) is 2.87. The van der Waals surface area contributed by atoms with E-state index in [4.69, 9.17) is 20.6 Å². The molecule has 1 aromatic rings. The Kier molecular flexibility index (Phi) is 9.21. The second kappa shape index (κ2) is 11.4. The number of ether oxygens (including phenoxy) is 3. The van der Waals surface area contributed by atoms with Gasteiger partial charge in [-0.25, -0.2) is 9.59 Å². The number of rotatable bonds is 9. The van der Waals surface area contributed by atoms with Gasteiger partial charge in [-0.1, -0.05) is 25.7 Å². The Labute approximate surface area is 180 Å². The van der Waals surface area contributed by atoms with Gasteiger partial charge in [-0.3, -0.25) is 14.3 Å². The van der Waals surface area contributed by atoms with E-state index >= 15 is 0 Å². The molecular weight excluding hydrogens is 441 g/mol. The fourth-order valence-electron chi connectivity index (χ4n) is 2.95. The fraction of sp³-hybridized carbons (Fsp3) is 0.632. The number of aromatic amines is 1. The smallest absolute Gasteiger partial charge is 0.423 e.